The van der Waals surface area contributed by atoms with Crippen LogP contribution in [0.5, 0.6) is 0 Å². The first-order valence-electron chi connectivity index (χ1n) is 6.77. The van der Waals surface area contributed by atoms with Gasteiger partial charge in [0.1, 0.15) is 5.01 Å². The van der Waals surface area contributed by atoms with Crippen LogP contribution in [0.1, 0.15) is 18.9 Å². The fraction of sp³-hybridized carbons (Fsp3) is 0.188. The van der Waals surface area contributed by atoms with Crippen molar-refractivity contribution in [3.63, 3.8) is 0 Å². The van der Waals surface area contributed by atoms with E-state index in [1.54, 1.807) is 17.5 Å². The molecule has 0 aliphatic carbocycles. The van der Waals surface area contributed by atoms with Crippen LogP contribution >= 0.6 is 27.3 Å². The van der Waals surface area contributed by atoms with Crippen molar-refractivity contribution in [1.29, 1.82) is 0 Å². The molecule has 0 unspecified atom stereocenters. The Kier molecular flexibility index (Phi) is 4.41. The molecule has 0 fully saturated rings. The molecule has 3 nitrogen and oxygen atoms in total. The van der Waals surface area contributed by atoms with Crippen LogP contribution in [-0.2, 0) is 6.42 Å². The zero-order chi connectivity index (χ0) is 14.7. The third-order valence-electron chi connectivity index (χ3n) is 3.16. The minimum atomic E-state index is 0.963. The summed E-state index contributed by atoms with van der Waals surface area (Å²) in [5.74, 6) is 0. The number of thiazole rings is 1. The summed E-state index contributed by atoms with van der Waals surface area (Å²) in [4.78, 5) is 13.2. The summed E-state index contributed by atoms with van der Waals surface area (Å²) in [5, 5.41) is 3.07. The zero-order valence-electron chi connectivity index (χ0n) is 11.6. The van der Waals surface area contributed by atoms with Crippen molar-refractivity contribution >= 4 is 27.3 Å². The molecule has 5 heteroatoms. The summed E-state index contributed by atoms with van der Waals surface area (Å²) in [6.45, 7) is 2.18. The van der Waals surface area contributed by atoms with Gasteiger partial charge < -0.3 is 0 Å². The molecular formula is C16H14BrN3S. The van der Waals surface area contributed by atoms with E-state index in [9.17, 15) is 0 Å². The lowest BCUT2D eigenvalue weighted by Gasteiger charge is -2.04. The molecule has 0 spiro atoms. The number of aryl methyl sites for hydroxylation is 1. The Bertz CT molecular complexity index is 755. The topological polar surface area (TPSA) is 38.7 Å². The lowest BCUT2D eigenvalue weighted by atomic mass is 10.0. The standard InChI is InChI=1S/C16H14BrN3S/c1-2-3-11-4-5-18-9-14(11)15-10-21-16(20-15)12-6-13(17)8-19-7-12/h4-10H,2-3H2,1H3. The summed E-state index contributed by atoms with van der Waals surface area (Å²) >= 11 is 5.08. The van der Waals surface area contributed by atoms with Gasteiger partial charge in [-0.25, -0.2) is 4.98 Å². The number of hydrogen-bond donors (Lipinski definition) is 0. The van der Waals surface area contributed by atoms with E-state index < -0.39 is 0 Å². The van der Waals surface area contributed by atoms with E-state index in [1.165, 1.54) is 5.56 Å². The molecule has 0 saturated carbocycles. The maximum atomic E-state index is 4.75. The van der Waals surface area contributed by atoms with Gasteiger partial charge in [0, 0.05) is 45.8 Å². The molecule has 3 heterocycles. The third kappa shape index (κ3) is 3.19. The van der Waals surface area contributed by atoms with Gasteiger partial charge in [0.25, 0.3) is 0 Å². The highest BCUT2D eigenvalue weighted by Crippen LogP contribution is 2.31. The van der Waals surface area contributed by atoms with Gasteiger partial charge in [-0.2, -0.15) is 0 Å². The van der Waals surface area contributed by atoms with Crippen molar-refractivity contribution in [2.45, 2.75) is 19.8 Å². The summed E-state index contributed by atoms with van der Waals surface area (Å²) in [7, 11) is 0. The van der Waals surface area contributed by atoms with Crippen LogP contribution in [-0.4, -0.2) is 15.0 Å². The first kappa shape index (κ1) is 14.4. The van der Waals surface area contributed by atoms with E-state index in [0.29, 0.717) is 0 Å². The van der Waals surface area contributed by atoms with E-state index in [4.69, 9.17) is 4.98 Å². The number of halogens is 1. The Morgan fingerprint density at radius 1 is 1.19 bits per heavy atom. The van der Waals surface area contributed by atoms with Crippen molar-refractivity contribution < 1.29 is 0 Å². The maximum Gasteiger partial charge on any atom is 0.125 e. The quantitative estimate of drug-likeness (QED) is 0.659. The molecule has 0 aliphatic rings. The lowest BCUT2D eigenvalue weighted by molar-refractivity contribution is 0.919. The maximum absolute atomic E-state index is 4.75. The Hall–Kier alpha value is -1.59. The Balaban J connectivity index is 1.99. The molecule has 0 radical (unpaired) electrons. The predicted octanol–water partition coefficient (Wildman–Crippen LogP) is 4.98. The molecule has 3 rings (SSSR count). The smallest absolute Gasteiger partial charge is 0.125 e. The minimum absolute atomic E-state index is 0.963. The molecule has 0 amide bonds. The monoisotopic (exact) mass is 359 g/mol. The molecular weight excluding hydrogens is 346 g/mol. The van der Waals surface area contributed by atoms with Crippen LogP contribution in [0.4, 0.5) is 0 Å². The first-order chi connectivity index (χ1) is 10.3. The molecule has 0 aliphatic heterocycles. The highest BCUT2D eigenvalue weighted by atomic mass is 79.9. The van der Waals surface area contributed by atoms with Gasteiger partial charge in [-0.3, -0.25) is 9.97 Å². The van der Waals surface area contributed by atoms with Crippen LogP contribution in [0.2, 0.25) is 0 Å². The van der Waals surface area contributed by atoms with Crippen LogP contribution in [0.25, 0.3) is 21.8 Å². The summed E-state index contributed by atoms with van der Waals surface area (Å²) in [6, 6.07) is 4.12. The number of pyridine rings is 2. The van der Waals surface area contributed by atoms with E-state index >= 15 is 0 Å². The molecule has 0 saturated heterocycles. The molecule has 3 aromatic rings. The number of aromatic nitrogens is 3. The van der Waals surface area contributed by atoms with Gasteiger partial charge in [-0.15, -0.1) is 11.3 Å². The Morgan fingerprint density at radius 2 is 2.10 bits per heavy atom. The van der Waals surface area contributed by atoms with E-state index in [1.807, 2.05) is 24.7 Å². The first-order valence-corrected chi connectivity index (χ1v) is 8.45. The van der Waals surface area contributed by atoms with Crippen molar-refractivity contribution in [3.8, 4) is 21.8 Å². The number of hydrogen-bond acceptors (Lipinski definition) is 4. The molecule has 0 aromatic carbocycles. The second kappa shape index (κ2) is 6.45. The number of rotatable bonds is 4. The van der Waals surface area contributed by atoms with Gasteiger partial charge in [-0.1, -0.05) is 13.3 Å². The second-order valence-electron chi connectivity index (χ2n) is 4.71. The molecule has 0 bridgehead atoms. The predicted molar refractivity (Wildman–Crippen MR) is 90.3 cm³/mol. The van der Waals surface area contributed by atoms with Crippen molar-refractivity contribution in [3.05, 3.63) is 52.3 Å². The van der Waals surface area contributed by atoms with E-state index in [0.717, 1.165) is 39.1 Å². The van der Waals surface area contributed by atoms with Gasteiger partial charge in [0.15, 0.2) is 0 Å². The van der Waals surface area contributed by atoms with Crippen molar-refractivity contribution in [1.82, 2.24) is 15.0 Å². The molecule has 3 aromatic heterocycles. The average molecular weight is 360 g/mol. The molecule has 21 heavy (non-hydrogen) atoms. The highest BCUT2D eigenvalue weighted by molar-refractivity contribution is 9.10. The largest absolute Gasteiger partial charge is 0.264 e. The van der Waals surface area contributed by atoms with Gasteiger partial charge >= 0.3 is 0 Å². The van der Waals surface area contributed by atoms with Gasteiger partial charge in [0.05, 0.1) is 5.69 Å². The lowest BCUT2D eigenvalue weighted by Crippen LogP contribution is -1.91. The van der Waals surface area contributed by atoms with Crippen molar-refractivity contribution in [2.75, 3.05) is 0 Å². The fourth-order valence-corrected chi connectivity index (χ4v) is 3.37. The van der Waals surface area contributed by atoms with Crippen LogP contribution in [0, 0.1) is 0 Å². The Morgan fingerprint density at radius 3 is 2.90 bits per heavy atom. The number of nitrogens with zero attached hydrogens (tertiary/aromatic N) is 3. The normalized spacial score (nSPS) is 10.8. The van der Waals surface area contributed by atoms with Crippen LogP contribution in [0.15, 0.2) is 46.8 Å². The highest BCUT2D eigenvalue weighted by Gasteiger charge is 2.10. The second-order valence-corrected chi connectivity index (χ2v) is 6.49. The van der Waals surface area contributed by atoms with E-state index in [-0.39, 0.29) is 0 Å². The van der Waals surface area contributed by atoms with Gasteiger partial charge in [0.2, 0.25) is 0 Å². The average Bonchev–Trinajstić information content (AvgIpc) is 2.98. The van der Waals surface area contributed by atoms with E-state index in [2.05, 4.69) is 44.3 Å². The Labute approximate surface area is 136 Å². The SMILES string of the molecule is CCCc1ccncc1-c1csc(-c2cncc(Br)c2)n1. The molecule has 0 N–H and O–H groups in total. The fourth-order valence-electron chi connectivity index (χ4n) is 2.20. The zero-order valence-corrected chi connectivity index (χ0v) is 14.0. The molecule has 106 valence electrons. The summed E-state index contributed by atoms with van der Waals surface area (Å²) in [5.41, 5.74) is 4.45. The molecule has 0 atom stereocenters. The van der Waals surface area contributed by atoms with Crippen molar-refractivity contribution in [2.24, 2.45) is 0 Å². The minimum Gasteiger partial charge on any atom is -0.264 e. The van der Waals surface area contributed by atoms with Crippen LogP contribution in [0.3, 0.4) is 0 Å². The van der Waals surface area contributed by atoms with Gasteiger partial charge in [-0.05, 0) is 40.0 Å². The summed E-state index contributed by atoms with van der Waals surface area (Å²) in [6.07, 6.45) is 9.53. The third-order valence-corrected chi connectivity index (χ3v) is 4.49. The summed E-state index contributed by atoms with van der Waals surface area (Å²) < 4.78 is 0.963. The van der Waals surface area contributed by atoms with Crippen LogP contribution < -0.4 is 0 Å².